The molecular weight excluding hydrogens is 422 g/mol. The minimum absolute atomic E-state index is 0.115. The second-order valence-corrected chi connectivity index (χ2v) is 9.68. The maximum atomic E-state index is 12.9. The Bertz CT molecular complexity index is 1030. The summed E-state index contributed by atoms with van der Waals surface area (Å²) in [6.07, 6.45) is 0. The van der Waals surface area contributed by atoms with E-state index in [2.05, 4.69) is 5.32 Å². The summed E-state index contributed by atoms with van der Waals surface area (Å²) in [5.41, 5.74) is 1.28. The molecule has 0 aliphatic carbocycles. The first-order valence-corrected chi connectivity index (χ1v) is 11.8. The Labute approximate surface area is 182 Å². The number of hydrogen-bond donors (Lipinski definition) is 1. The molecular formula is C21H27N3O4S2. The van der Waals surface area contributed by atoms with E-state index in [4.69, 9.17) is 0 Å². The van der Waals surface area contributed by atoms with Gasteiger partial charge in [-0.3, -0.25) is 9.59 Å². The fourth-order valence-corrected chi connectivity index (χ4v) is 5.22. The van der Waals surface area contributed by atoms with Gasteiger partial charge in [-0.1, -0.05) is 32.0 Å². The Morgan fingerprint density at radius 3 is 2.27 bits per heavy atom. The molecule has 0 radical (unpaired) electrons. The van der Waals surface area contributed by atoms with Crippen LogP contribution < -0.4 is 5.32 Å². The first-order valence-electron chi connectivity index (χ1n) is 9.52. The summed E-state index contributed by atoms with van der Waals surface area (Å²) in [4.78, 5) is 27.1. The summed E-state index contributed by atoms with van der Waals surface area (Å²) >= 11 is 1.00. The van der Waals surface area contributed by atoms with E-state index >= 15 is 0 Å². The maximum Gasteiger partial charge on any atom is 0.286 e. The Hall–Kier alpha value is -2.36. The van der Waals surface area contributed by atoms with E-state index in [1.807, 2.05) is 0 Å². The second-order valence-electron chi connectivity index (χ2n) is 6.78. The Kier molecular flexibility index (Phi) is 8.05. The molecule has 1 N–H and O–H groups in total. The Balaban J connectivity index is 2.35. The predicted octanol–water partition coefficient (Wildman–Crippen LogP) is 4.05. The van der Waals surface area contributed by atoms with Crippen LogP contribution in [0.2, 0.25) is 0 Å². The maximum absolute atomic E-state index is 12.9. The number of thioether (sulfide) groups is 1. The minimum atomic E-state index is -3.70. The zero-order valence-electron chi connectivity index (χ0n) is 17.8. The average Bonchev–Trinajstić information content (AvgIpc) is 2.70. The molecule has 0 spiro atoms. The normalized spacial score (nSPS) is 11.4. The van der Waals surface area contributed by atoms with Crippen molar-refractivity contribution in [2.75, 3.05) is 32.5 Å². The van der Waals surface area contributed by atoms with Crippen molar-refractivity contribution in [3.8, 4) is 0 Å². The van der Waals surface area contributed by atoms with E-state index in [1.165, 1.54) is 15.3 Å². The Morgan fingerprint density at radius 2 is 1.67 bits per heavy atom. The molecule has 7 nitrogen and oxygen atoms in total. The summed E-state index contributed by atoms with van der Waals surface area (Å²) in [6.45, 7) is 5.95. The molecule has 0 atom stereocenters. The van der Waals surface area contributed by atoms with Gasteiger partial charge in [0, 0.05) is 37.6 Å². The highest BCUT2D eigenvalue weighted by Crippen LogP contribution is 2.29. The number of nitrogens with one attached hydrogen (secondary N) is 1. The van der Waals surface area contributed by atoms with Gasteiger partial charge in [0.15, 0.2) is 0 Å². The van der Waals surface area contributed by atoms with Crippen molar-refractivity contribution in [1.82, 2.24) is 9.21 Å². The van der Waals surface area contributed by atoms with Gasteiger partial charge in [0.2, 0.25) is 10.0 Å². The molecule has 0 bridgehead atoms. The van der Waals surface area contributed by atoms with Crippen molar-refractivity contribution in [3.05, 3.63) is 53.6 Å². The summed E-state index contributed by atoms with van der Waals surface area (Å²) in [7, 11) is -0.388. The molecule has 0 aromatic heterocycles. The first kappa shape index (κ1) is 23.9. The van der Waals surface area contributed by atoms with E-state index < -0.39 is 15.9 Å². The van der Waals surface area contributed by atoms with Gasteiger partial charge in [0.05, 0.1) is 10.6 Å². The molecule has 0 fully saturated rings. The molecule has 2 amide bonds. The molecule has 0 aliphatic heterocycles. The fraction of sp³-hybridized carbons (Fsp3) is 0.333. The first-order chi connectivity index (χ1) is 14.1. The van der Waals surface area contributed by atoms with Crippen molar-refractivity contribution >= 4 is 38.6 Å². The fourth-order valence-electron chi connectivity index (χ4n) is 2.76. The number of carbonyl (C=O) groups excluding carboxylic acids is 2. The van der Waals surface area contributed by atoms with E-state index in [1.54, 1.807) is 71.3 Å². The van der Waals surface area contributed by atoms with E-state index in [9.17, 15) is 18.0 Å². The van der Waals surface area contributed by atoms with Crippen LogP contribution in [0.4, 0.5) is 10.5 Å². The van der Waals surface area contributed by atoms with Gasteiger partial charge in [-0.15, -0.1) is 0 Å². The highest BCUT2D eigenvalue weighted by Gasteiger charge is 2.25. The van der Waals surface area contributed by atoms with Crippen LogP contribution in [0.1, 0.15) is 29.8 Å². The van der Waals surface area contributed by atoms with Crippen LogP contribution in [0.3, 0.4) is 0 Å². The third-order valence-corrected chi connectivity index (χ3v) is 7.78. The summed E-state index contributed by atoms with van der Waals surface area (Å²) < 4.78 is 27.2. The SMILES string of the molecule is CCN(CC)S(=O)(=O)c1cc(C(=O)Nc2ccccc2SC(=O)N(C)C)ccc1C. The largest absolute Gasteiger partial charge is 0.339 e. The molecule has 2 aromatic rings. The van der Waals surface area contributed by atoms with E-state index in [-0.39, 0.29) is 15.7 Å². The number of rotatable bonds is 7. The quantitative estimate of drug-likeness (QED) is 0.645. The third kappa shape index (κ3) is 5.41. The van der Waals surface area contributed by atoms with Gasteiger partial charge >= 0.3 is 0 Å². The van der Waals surface area contributed by atoms with Crippen LogP contribution >= 0.6 is 11.8 Å². The Morgan fingerprint density at radius 1 is 1.03 bits per heavy atom. The summed E-state index contributed by atoms with van der Waals surface area (Å²) in [5.74, 6) is -0.448. The van der Waals surface area contributed by atoms with Crippen LogP contribution in [0.5, 0.6) is 0 Å². The molecule has 0 aliphatic rings. The molecule has 9 heteroatoms. The molecule has 0 unspecified atom stereocenters. The van der Waals surface area contributed by atoms with Gasteiger partial charge in [-0.2, -0.15) is 4.31 Å². The zero-order chi connectivity index (χ0) is 22.5. The van der Waals surface area contributed by atoms with Gasteiger partial charge in [-0.05, 0) is 48.5 Å². The number of carbonyl (C=O) groups is 2. The van der Waals surface area contributed by atoms with Crippen LogP contribution in [-0.4, -0.2) is 56.0 Å². The zero-order valence-corrected chi connectivity index (χ0v) is 19.4. The van der Waals surface area contributed by atoms with Crippen molar-refractivity contribution in [1.29, 1.82) is 0 Å². The van der Waals surface area contributed by atoms with Crippen molar-refractivity contribution < 1.29 is 18.0 Å². The van der Waals surface area contributed by atoms with Crippen molar-refractivity contribution in [2.24, 2.45) is 0 Å². The molecule has 2 rings (SSSR count). The average molecular weight is 450 g/mol. The molecule has 162 valence electrons. The third-order valence-electron chi connectivity index (χ3n) is 4.47. The van der Waals surface area contributed by atoms with Crippen LogP contribution in [0.25, 0.3) is 0 Å². The van der Waals surface area contributed by atoms with Gasteiger partial charge in [-0.25, -0.2) is 8.42 Å². The van der Waals surface area contributed by atoms with Gasteiger partial charge < -0.3 is 10.2 Å². The number of aryl methyl sites for hydroxylation is 1. The number of amides is 2. The molecule has 30 heavy (non-hydrogen) atoms. The summed E-state index contributed by atoms with van der Waals surface area (Å²) in [6, 6.07) is 11.6. The molecule has 0 saturated carbocycles. The standard InChI is InChI=1S/C21H27N3O4S2/c1-6-24(7-2)30(27,28)19-14-16(13-12-15(19)3)20(25)22-17-10-8-9-11-18(17)29-21(26)23(4)5/h8-14H,6-7H2,1-5H3,(H,22,25). The predicted molar refractivity (Wildman–Crippen MR) is 121 cm³/mol. The number of anilines is 1. The number of para-hydroxylation sites is 1. The monoisotopic (exact) mass is 449 g/mol. The lowest BCUT2D eigenvalue weighted by Crippen LogP contribution is -2.31. The highest BCUT2D eigenvalue weighted by molar-refractivity contribution is 8.13. The topological polar surface area (TPSA) is 86.8 Å². The van der Waals surface area contributed by atoms with Crippen molar-refractivity contribution in [2.45, 2.75) is 30.6 Å². The lowest BCUT2D eigenvalue weighted by molar-refractivity contribution is 0.102. The van der Waals surface area contributed by atoms with E-state index in [0.29, 0.717) is 29.2 Å². The minimum Gasteiger partial charge on any atom is -0.339 e. The highest BCUT2D eigenvalue weighted by atomic mass is 32.2. The van der Waals surface area contributed by atoms with E-state index in [0.717, 1.165) is 11.8 Å². The number of benzene rings is 2. The molecule has 0 heterocycles. The molecule has 0 saturated heterocycles. The van der Waals surface area contributed by atoms with Gasteiger partial charge in [0.25, 0.3) is 11.1 Å². The lowest BCUT2D eigenvalue weighted by Gasteiger charge is -2.20. The van der Waals surface area contributed by atoms with Crippen molar-refractivity contribution in [3.63, 3.8) is 0 Å². The summed E-state index contributed by atoms with van der Waals surface area (Å²) in [5, 5.41) is 2.62. The number of sulfonamides is 1. The number of hydrogen-bond acceptors (Lipinski definition) is 5. The second kappa shape index (κ2) is 10.1. The smallest absolute Gasteiger partial charge is 0.286 e. The van der Waals surface area contributed by atoms with Crippen LogP contribution in [0, 0.1) is 6.92 Å². The van der Waals surface area contributed by atoms with Crippen LogP contribution in [-0.2, 0) is 10.0 Å². The molecule has 2 aromatic carbocycles. The van der Waals surface area contributed by atoms with Gasteiger partial charge in [0.1, 0.15) is 0 Å². The van der Waals surface area contributed by atoms with Crippen LogP contribution in [0.15, 0.2) is 52.3 Å². The number of nitrogens with zero attached hydrogens (tertiary/aromatic N) is 2. The lowest BCUT2D eigenvalue weighted by atomic mass is 10.1.